The Kier molecular flexibility index (Phi) is 4.91. The van der Waals surface area contributed by atoms with Crippen LogP contribution in [-0.4, -0.2) is 34.6 Å². The van der Waals surface area contributed by atoms with Gasteiger partial charge < -0.3 is 5.11 Å². The van der Waals surface area contributed by atoms with E-state index in [0.717, 1.165) is 12.0 Å². The molecule has 2 atom stereocenters. The number of aliphatic carboxylic acids is 1. The fraction of sp³-hybridized carbons (Fsp3) is 0.533. The highest BCUT2D eigenvalue weighted by Gasteiger charge is 2.39. The maximum Gasteiger partial charge on any atom is 0.324 e. The Balaban J connectivity index is 2.97. The first-order valence-corrected chi connectivity index (χ1v) is 6.42. The van der Waals surface area contributed by atoms with Crippen molar-refractivity contribution >= 4 is 5.97 Å². The van der Waals surface area contributed by atoms with Gasteiger partial charge in [0.1, 0.15) is 5.54 Å². The lowest BCUT2D eigenvalue weighted by Crippen LogP contribution is -2.55. The second-order valence-electron chi connectivity index (χ2n) is 5.11. The summed E-state index contributed by atoms with van der Waals surface area (Å²) in [7, 11) is 1.89. The maximum absolute atomic E-state index is 11.6. The van der Waals surface area contributed by atoms with Gasteiger partial charge in [-0.05, 0) is 32.9 Å². The summed E-state index contributed by atoms with van der Waals surface area (Å²) in [6, 6.07) is 10.0. The van der Waals surface area contributed by atoms with Gasteiger partial charge in [0.15, 0.2) is 0 Å². The molecule has 0 heterocycles. The third-order valence-corrected chi connectivity index (χ3v) is 3.88. The summed E-state index contributed by atoms with van der Waals surface area (Å²) in [5.41, 5.74) is 0.189. The van der Waals surface area contributed by atoms with Crippen molar-refractivity contribution in [2.75, 3.05) is 7.05 Å². The van der Waals surface area contributed by atoms with Gasteiger partial charge in [-0.3, -0.25) is 9.69 Å². The highest BCUT2D eigenvalue weighted by Crippen LogP contribution is 2.23. The Morgan fingerprint density at radius 1 is 1.39 bits per heavy atom. The summed E-state index contributed by atoms with van der Waals surface area (Å²) in [5, 5.41) is 9.57. The first-order chi connectivity index (χ1) is 8.41. The van der Waals surface area contributed by atoms with Gasteiger partial charge in [0.05, 0.1) is 0 Å². The van der Waals surface area contributed by atoms with Crippen LogP contribution in [0.5, 0.6) is 0 Å². The molecule has 0 aliphatic carbocycles. The monoisotopic (exact) mass is 249 g/mol. The minimum Gasteiger partial charge on any atom is -0.480 e. The van der Waals surface area contributed by atoms with Crippen LogP contribution in [0, 0.1) is 0 Å². The minimum atomic E-state index is -0.864. The molecule has 0 amide bonds. The molecule has 0 spiro atoms. The lowest BCUT2D eigenvalue weighted by atomic mass is 9.90. The van der Waals surface area contributed by atoms with E-state index in [0.29, 0.717) is 6.42 Å². The van der Waals surface area contributed by atoms with Crippen molar-refractivity contribution in [3.63, 3.8) is 0 Å². The van der Waals surface area contributed by atoms with E-state index in [1.54, 1.807) is 6.92 Å². The van der Waals surface area contributed by atoms with Gasteiger partial charge in [-0.15, -0.1) is 0 Å². The van der Waals surface area contributed by atoms with E-state index < -0.39 is 11.5 Å². The van der Waals surface area contributed by atoms with Crippen LogP contribution in [0.1, 0.15) is 32.8 Å². The zero-order chi connectivity index (χ0) is 13.8. The topological polar surface area (TPSA) is 40.5 Å². The van der Waals surface area contributed by atoms with E-state index in [9.17, 15) is 9.90 Å². The number of carboxylic acids is 1. The second kappa shape index (κ2) is 6.01. The maximum atomic E-state index is 11.6. The van der Waals surface area contributed by atoms with E-state index in [4.69, 9.17) is 0 Å². The minimum absolute atomic E-state index is 0.245. The number of hydrogen-bond donors (Lipinski definition) is 1. The summed E-state index contributed by atoms with van der Waals surface area (Å²) >= 11 is 0. The number of hydrogen-bond acceptors (Lipinski definition) is 2. The number of benzene rings is 1. The van der Waals surface area contributed by atoms with E-state index in [1.165, 1.54) is 0 Å². The average molecular weight is 249 g/mol. The fourth-order valence-electron chi connectivity index (χ4n) is 2.10. The van der Waals surface area contributed by atoms with Crippen LogP contribution < -0.4 is 0 Å². The Morgan fingerprint density at radius 2 is 1.94 bits per heavy atom. The SMILES string of the molecule is CCC(C)N(C)C(C)(Cc1ccccc1)C(=O)O. The van der Waals surface area contributed by atoms with E-state index in [-0.39, 0.29) is 6.04 Å². The molecule has 0 fully saturated rings. The third-order valence-electron chi connectivity index (χ3n) is 3.88. The third kappa shape index (κ3) is 3.10. The standard InChI is InChI=1S/C15H23NO2/c1-5-12(2)16(4)15(3,14(17)18)11-13-9-7-6-8-10-13/h6-10,12H,5,11H2,1-4H3,(H,17,18). The molecule has 0 bridgehead atoms. The number of likely N-dealkylation sites (N-methyl/N-ethyl adjacent to an activating group) is 1. The first kappa shape index (κ1) is 14.7. The molecule has 0 saturated heterocycles. The summed E-state index contributed by atoms with van der Waals surface area (Å²) in [6.45, 7) is 5.94. The van der Waals surface area contributed by atoms with E-state index in [2.05, 4.69) is 13.8 Å². The zero-order valence-corrected chi connectivity index (χ0v) is 11.7. The molecule has 1 rings (SSSR count). The number of carboxylic acid groups (broad SMARTS) is 1. The molecule has 2 unspecified atom stereocenters. The Labute approximate surface area is 109 Å². The predicted octanol–water partition coefficient (Wildman–Crippen LogP) is 2.80. The summed E-state index contributed by atoms with van der Waals surface area (Å²) in [4.78, 5) is 13.6. The zero-order valence-electron chi connectivity index (χ0n) is 11.7. The van der Waals surface area contributed by atoms with Crippen molar-refractivity contribution in [2.45, 2.75) is 45.2 Å². The number of nitrogens with zero attached hydrogens (tertiary/aromatic N) is 1. The molecule has 1 aromatic carbocycles. The van der Waals surface area contributed by atoms with Crippen LogP contribution in [0.4, 0.5) is 0 Å². The molecular formula is C15H23NO2. The molecule has 100 valence electrons. The Morgan fingerprint density at radius 3 is 2.39 bits per heavy atom. The van der Waals surface area contributed by atoms with Gasteiger partial charge >= 0.3 is 5.97 Å². The van der Waals surface area contributed by atoms with Gasteiger partial charge in [-0.2, -0.15) is 0 Å². The lowest BCUT2D eigenvalue weighted by molar-refractivity contribution is -0.151. The van der Waals surface area contributed by atoms with E-state index >= 15 is 0 Å². The second-order valence-corrected chi connectivity index (χ2v) is 5.11. The summed E-state index contributed by atoms with van der Waals surface area (Å²) in [6.07, 6.45) is 1.46. The molecule has 18 heavy (non-hydrogen) atoms. The van der Waals surface area contributed by atoms with E-state index in [1.807, 2.05) is 42.3 Å². The van der Waals surface area contributed by atoms with Crippen LogP contribution >= 0.6 is 0 Å². The predicted molar refractivity (Wildman–Crippen MR) is 73.7 cm³/mol. The van der Waals surface area contributed by atoms with Crippen molar-refractivity contribution < 1.29 is 9.90 Å². The molecule has 3 heteroatoms. The van der Waals surface area contributed by atoms with Crippen LogP contribution in [0.2, 0.25) is 0 Å². The van der Waals surface area contributed by atoms with Gasteiger partial charge in [0.2, 0.25) is 0 Å². The van der Waals surface area contributed by atoms with Crippen LogP contribution in [0.3, 0.4) is 0 Å². The van der Waals surface area contributed by atoms with Crippen molar-refractivity contribution in [1.82, 2.24) is 4.90 Å². The van der Waals surface area contributed by atoms with Crippen molar-refractivity contribution in [3.05, 3.63) is 35.9 Å². The Hall–Kier alpha value is -1.35. The van der Waals surface area contributed by atoms with Gasteiger partial charge in [0.25, 0.3) is 0 Å². The molecule has 0 radical (unpaired) electrons. The van der Waals surface area contributed by atoms with Gasteiger partial charge in [0, 0.05) is 12.5 Å². The lowest BCUT2D eigenvalue weighted by Gasteiger charge is -2.39. The molecule has 1 N–H and O–H groups in total. The van der Waals surface area contributed by atoms with Crippen LogP contribution in [0.15, 0.2) is 30.3 Å². The molecule has 3 nitrogen and oxygen atoms in total. The van der Waals surface area contributed by atoms with Crippen LogP contribution in [0.25, 0.3) is 0 Å². The first-order valence-electron chi connectivity index (χ1n) is 6.42. The smallest absolute Gasteiger partial charge is 0.324 e. The normalized spacial score (nSPS) is 16.3. The highest BCUT2D eigenvalue weighted by atomic mass is 16.4. The average Bonchev–Trinajstić information content (AvgIpc) is 2.37. The summed E-state index contributed by atoms with van der Waals surface area (Å²) in [5.74, 6) is -0.769. The molecule has 0 saturated carbocycles. The molecule has 1 aromatic rings. The van der Waals surface area contributed by atoms with Crippen LogP contribution in [-0.2, 0) is 11.2 Å². The van der Waals surface area contributed by atoms with Crippen molar-refractivity contribution in [1.29, 1.82) is 0 Å². The molecular weight excluding hydrogens is 226 g/mol. The highest BCUT2D eigenvalue weighted by molar-refractivity contribution is 5.78. The molecule has 0 aliphatic rings. The molecule has 0 aliphatic heterocycles. The quantitative estimate of drug-likeness (QED) is 0.842. The molecule has 0 aromatic heterocycles. The number of carbonyl (C=O) groups is 1. The summed E-state index contributed by atoms with van der Waals surface area (Å²) < 4.78 is 0. The van der Waals surface area contributed by atoms with Crippen molar-refractivity contribution in [3.8, 4) is 0 Å². The fourth-order valence-corrected chi connectivity index (χ4v) is 2.10. The largest absolute Gasteiger partial charge is 0.480 e. The van der Waals surface area contributed by atoms with Gasteiger partial charge in [-0.25, -0.2) is 0 Å². The number of rotatable bonds is 6. The Bertz CT molecular complexity index is 391. The van der Waals surface area contributed by atoms with Crippen molar-refractivity contribution in [2.24, 2.45) is 0 Å². The van der Waals surface area contributed by atoms with Gasteiger partial charge in [-0.1, -0.05) is 37.3 Å².